The van der Waals surface area contributed by atoms with E-state index in [4.69, 9.17) is 0 Å². The van der Waals surface area contributed by atoms with Crippen LogP contribution in [0.5, 0.6) is 0 Å². The molecule has 0 saturated carbocycles. The van der Waals surface area contributed by atoms with Crippen LogP contribution < -0.4 is 5.32 Å². The van der Waals surface area contributed by atoms with Crippen molar-refractivity contribution in [3.8, 4) is 0 Å². The van der Waals surface area contributed by atoms with E-state index in [1.165, 1.54) is 4.90 Å². The summed E-state index contributed by atoms with van der Waals surface area (Å²) in [7, 11) is 0. The van der Waals surface area contributed by atoms with Crippen molar-refractivity contribution in [2.75, 3.05) is 0 Å². The maximum atomic E-state index is 12.9. The normalized spacial score (nSPS) is 27.8. The molecule has 0 aromatic heterocycles. The van der Waals surface area contributed by atoms with Gasteiger partial charge in [-0.1, -0.05) is 30.4 Å². The van der Waals surface area contributed by atoms with Crippen LogP contribution in [0.4, 0.5) is 0 Å². The van der Waals surface area contributed by atoms with E-state index in [-0.39, 0.29) is 17.9 Å². The molecule has 0 bridgehead atoms. The molecule has 6 nitrogen and oxygen atoms in total. The van der Waals surface area contributed by atoms with Crippen LogP contribution in [-0.2, 0) is 9.59 Å². The molecule has 126 valence electrons. The third-order valence-corrected chi connectivity index (χ3v) is 4.63. The lowest BCUT2D eigenvalue weighted by atomic mass is 10.0. The first-order valence-electron chi connectivity index (χ1n) is 8.14. The van der Waals surface area contributed by atoms with Crippen LogP contribution in [0.25, 0.3) is 0 Å². The van der Waals surface area contributed by atoms with Gasteiger partial charge < -0.3 is 15.3 Å². The van der Waals surface area contributed by atoms with Crippen molar-refractivity contribution in [1.82, 2.24) is 10.2 Å². The maximum absolute atomic E-state index is 12.9. The number of hydrogen-bond donors (Lipinski definition) is 2. The molecule has 2 heterocycles. The fraction of sp³-hybridized carbons (Fsp3) is 0.389. The van der Waals surface area contributed by atoms with Crippen LogP contribution in [0.1, 0.15) is 36.0 Å². The smallest absolute Gasteiger partial charge is 0.326 e. The van der Waals surface area contributed by atoms with Gasteiger partial charge in [0.25, 0.3) is 5.91 Å². The monoisotopic (exact) mass is 328 g/mol. The van der Waals surface area contributed by atoms with Crippen molar-refractivity contribution in [3.05, 3.63) is 48.0 Å². The lowest BCUT2D eigenvalue weighted by Crippen LogP contribution is -2.54. The molecule has 1 aromatic carbocycles. The number of carbonyl (C=O) groups is 3. The number of carboxylic acids is 1. The van der Waals surface area contributed by atoms with Gasteiger partial charge in [0.2, 0.25) is 5.91 Å². The molecule has 0 aliphatic carbocycles. The zero-order valence-electron chi connectivity index (χ0n) is 13.2. The van der Waals surface area contributed by atoms with Crippen LogP contribution in [0.3, 0.4) is 0 Å². The van der Waals surface area contributed by atoms with E-state index in [1.54, 1.807) is 24.3 Å². The van der Waals surface area contributed by atoms with Gasteiger partial charge >= 0.3 is 5.97 Å². The van der Waals surface area contributed by atoms with E-state index in [2.05, 4.69) is 5.32 Å². The lowest BCUT2D eigenvalue weighted by molar-refractivity contribution is -0.150. The quantitative estimate of drug-likeness (QED) is 0.825. The third kappa shape index (κ3) is 3.18. The molecule has 0 unspecified atom stereocenters. The summed E-state index contributed by atoms with van der Waals surface area (Å²) in [4.78, 5) is 38.1. The number of rotatable bonds is 3. The molecular weight excluding hydrogens is 308 g/mol. The minimum atomic E-state index is -0.983. The molecular formula is C18H20N2O4. The first-order chi connectivity index (χ1) is 11.6. The molecule has 0 radical (unpaired) electrons. The van der Waals surface area contributed by atoms with E-state index in [9.17, 15) is 19.5 Å². The second-order valence-corrected chi connectivity index (χ2v) is 6.17. The Morgan fingerprint density at radius 3 is 2.50 bits per heavy atom. The number of benzene rings is 1. The number of nitrogens with one attached hydrogen (secondary N) is 1. The number of carboxylic acid groups (broad SMARTS) is 1. The number of fused-ring (bicyclic) bond motifs is 1. The molecule has 3 rings (SSSR count). The summed E-state index contributed by atoms with van der Waals surface area (Å²) in [6.45, 7) is 0. The van der Waals surface area contributed by atoms with Crippen LogP contribution in [0.2, 0.25) is 0 Å². The number of nitrogens with zero attached hydrogens (tertiary/aromatic N) is 1. The molecule has 0 spiro atoms. The summed E-state index contributed by atoms with van der Waals surface area (Å²) in [5.74, 6) is -1.62. The first-order valence-corrected chi connectivity index (χ1v) is 8.14. The summed E-state index contributed by atoms with van der Waals surface area (Å²) >= 11 is 0. The van der Waals surface area contributed by atoms with Crippen LogP contribution in [-0.4, -0.2) is 45.9 Å². The average molecular weight is 328 g/mol. The van der Waals surface area contributed by atoms with Gasteiger partial charge in [-0.15, -0.1) is 0 Å². The van der Waals surface area contributed by atoms with E-state index in [0.717, 1.165) is 0 Å². The van der Waals surface area contributed by atoms with E-state index in [1.807, 2.05) is 18.2 Å². The zero-order chi connectivity index (χ0) is 17.1. The Morgan fingerprint density at radius 1 is 1.08 bits per heavy atom. The fourth-order valence-electron chi connectivity index (χ4n) is 3.41. The topological polar surface area (TPSA) is 86.7 Å². The predicted molar refractivity (Wildman–Crippen MR) is 87.4 cm³/mol. The van der Waals surface area contributed by atoms with Crippen molar-refractivity contribution in [3.63, 3.8) is 0 Å². The Labute approximate surface area is 140 Å². The largest absolute Gasteiger partial charge is 0.480 e. The van der Waals surface area contributed by atoms with Gasteiger partial charge in [0.05, 0.1) is 0 Å². The van der Waals surface area contributed by atoms with Gasteiger partial charge in [-0.3, -0.25) is 9.59 Å². The standard InChI is InChI=1S/C18H20N2O4/c21-16(12-6-2-1-3-7-12)19-14-9-5-4-8-13-10-11-15(18(23)24)20(13)17(14)22/h1-7,13-15H,8-11H2,(H,19,21)(H,23,24)/b5-4-/t13-,14+,15+/m1/s1. The van der Waals surface area contributed by atoms with E-state index < -0.39 is 18.1 Å². The third-order valence-electron chi connectivity index (χ3n) is 4.63. The summed E-state index contributed by atoms with van der Waals surface area (Å²) in [6, 6.07) is 7.03. The zero-order valence-corrected chi connectivity index (χ0v) is 13.2. The summed E-state index contributed by atoms with van der Waals surface area (Å²) in [6.07, 6.45) is 6.02. The molecule has 2 aliphatic heterocycles. The molecule has 24 heavy (non-hydrogen) atoms. The van der Waals surface area contributed by atoms with Gasteiger partial charge in [0, 0.05) is 11.6 Å². The minimum Gasteiger partial charge on any atom is -0.480 e. The fourth-order valence-corrected chi connectivity index (χ4v) is 3.41. The number of amides is 2. The Hall–Kier alpha value is -2.63. The average Bonchev–Trinajstić information content (AvgIpc) is 3.00. The van der Waals surface area contributed by atoms with Crippen molar-refractivity contribution >= 4 is 17.8 Å². The highest BCUT2D eigenvalue weighted by Gasteiger charge is 2.43. The Balaban J connectivity index is 1.80. The minimum absolute atomic E-state index is 0.105. The highest BCUT2D eigenvalue weighted by Crippen LogP contribution is 2.29. The van der Waals surface area contributed by atoms with Crippen molar-refractivity contribution in [2.45, 2.75) is 43.8 Å². The molecule has 3 atom stereocenters. The number of aliphatic carboxylic acids is 1. The van der Waals surface area contributed by atoms with Crippen molar-refractivity contribution in [2.24, 2.45) is 0 Å². The second kappa shape index (κ2) is 6.86. The lowest BCUT2D eigenvalue weighted by Gasteiger charge is -2.32. The Kier molecular flexibility index (Phi) is 4.64. The van der Waals surface area contributed by atoms with Crippen molar-refractivity contribution in [1.29, 1.82) is 0 Å². The molecule has 1 aromatic rings. The summed E-state index contributed by atoms with van der Waals surface area (Å²) in [5, 5.41) is 12.1. The first kappa shape index (κ1) is 16.2. The Bertz CT molecular complexity index is 671. The second-order valence-electron chi connectivity index (χ2n) is 6.17. The molecule has 1 saturated heterocycles. The number of carbonyl (C=O) groups excluding carboxylic acids is 2. The molecule has 2 N–H and O–H groups in total. The van der Waals surface area contributed by atoms with Gasteiger partial charge in [-0.25, -0.2) is 4.79 Å². The van der Waals surface area contributed by atoms with Crippen LogP contribution in [0, 0.1) is 0 Å². The molecule has 2 amide bonds. The molecule has 6 heteroatoms. The summed E-state index contributed by atoms with van der Waals surface area (Å²) in [5.41, 5.74) is 0.476. The molecule has 1 fully saturated rings. The van der Waals surface area contributed by atoms with Crippen LogP contribution >= 0.6 is 0 Å². The van der Waals surface area contributed by atoms with Gasteiger partial charge in [-0.2, -0.15) is 0 Å². The SMILES string of the molecule is O=C(N[C@H]1C/C=C\C[C@@H]2CC[C@@H](C(=O)O)N2C1=O)c1ccccc1. The van der Waals surface area contributed by atoms with E-state index >= 15 is 0 Å². The van der Waals surface area contributed by atoms with Gasteiger partial charge in [0.15, 0.2) is 0 Å². The Morgan fingerprint density at radius 2 is 1.79 bits per heavy atom. The summed E-state index contributed by atoms with van der Waals surface area (Å²) < 4.78 is 0. The highest BCUT2D eigenvalue weighted by atomic mass is 16.4. The van der Waals surface area contributed by atoms with Gasteiger partial charge in [0.1, 0.15) is 12.1 Å². The highest BCUT2D eigenvalue weighted by molar-refractivity contribution is 5.98. The maximum Gasteiger partial charge on any atom is 0.326 e. The van der Waals surface area contributed by atoms with Crippen LogP contribution in [0.15, 0.2) is 42.5 Å². The number of hydrogen-bond acceptors (Lipinski definition) is 3. The molecule has 2 aliphatic rings. The van der Waals surface area contributed by atoms with Gasteiger partial charge in [-0.05, 0) is 37.8 Å². The van der Waals surface area contributed by atoms with Crippen molar-refractivity contribution < 1.29 is 19.5 Å². The van der Waals surface area contributed by atoms with E-state index in [0.29, 0.717) is 31.2 Å². The predicted octanol–water partition coefficient (Wildman–Crippen LogP) is 1.58.